The van der Waals surface area contributed by atoms with Gasteiger partial charge in [0.05, 0.1) is 11.8 Å². The Morgan fingerprint density at radius 3 is 2.76 bits per heavy atom. The van der Waals surface area contributed by atoms with Gasteiger partial charge in [-0.3, -0.25) is 4.79 Å². The number of amides is 1. The summed E-state index contributed by atoms with van der Waals surface area (Å²) in [5, 5.41) is 12.1. The van der Waals surface area contributed by atoms with Gasteiger partial charge in [-0.15, -0.1) is 0 Å². The largest absolute Gasteiger partial charge is 0.466 e. The number of ether oxygens (including phenoxy) is 1. The van der Waals surface area contributed by atoms with E-state index < -0.39 is 11.4 Å². The number of halogens is 1. The molecule has 1 atom stereocenters. The molecule has 0 fully saturated rings. The summed E-state index contributed by atoms with van der Waals surface area (Å²) in [6.45, 7) is 7.04. The highest BCUT2D eigenvalue weighted by molar-refractivity contribution is 6.32. The average Bonchev–Trinajstić information content (AvgIpc) is 2.45. The molecule has 0 aromatic carbocycles. The topological polar surface area (TPSA) is 87.9 Å². The third-order valence-corrected chi connectivity index (χ3v) is 3.67. The van der Waals surface area contributed by atoms with E-state index in [1.54, 1.807) is 6.92 Å². The first kappa shape index (κ1) is 17.2. The molecule has 0 radical (unpaired) electrons. The Bertz CT molecular complexity index is 556. The molecule has 0 aliphatic carbocycles. The van der Waals surface area contributed by atoms with E-state index in [0.29, 0.717) is 17.1 Å². The molecule has 1 rings (SSSR count). The molecular weight excluding hydrogens is 292 g/mol. The predicted octanol–water partition coefficient (Wildman–Crippen LogP) is 2.13. The third kappa shape index (κ3) is 4.30. The maximum absolute atomic E-state index is 11.9. The van der Waals surface area contributed by atoms with E-state index in [1.807, 2.05) is 20.8 Å². The van der Waals surface area contributed by atoms with Gasteiger partial charge in [0.15, 0.2) is 6.61 Å². The fourth-order valence-electron chi connectivity index (χ4n) is 1.50. The van der Waals surface area contributed by atoms with Gasteiger partial charge in [0.2, 0.25) is 5.88 Å². The lowest BCUT2D eigenvalue weighted by molar-refractivity contribution is -0.124. The minimum Gasteiger partial charge on any atom is -0.466 e. The second-order valence-electron chi connectivity index (χ2n) is 5.10. The summed E-state index contributed by atoms with van der Waals surface area (Å²) in [7, 11) is 0. The number of aromatic nitrogens is 2. The van der Waals surface area contributed by atoms with Crippen molar-refractivity contribution in [1.29, 1.82) is 5.26 Å². The van der Waals surface area contributed by atoms with Crippen molar-refractivity contribution in [2.75, 3.05) is 6.61 Å². The lowest BCUT2D eigenvalue weighted by Gasteiger charge is -2.27. The summed E-state index contributed by atoms with van der Waals surface area (Å²) in [6.07, 6.45) is 1.98. The standard InChI is InChI=1S/C14H19ClN4O2/c1-5-10-12(15)13(18-8-17-10)21-6-11(20)19-14(4,7-16)9(2)3/h8-9H,5-6H2,1-4H3,(H,19,20). The van der Waals surface area contributed by atoms with Gasteiger partial charge in [0, 0.05) is 0 Å². The summed E-state index contributed by atoms with van der Waals surface area (Å²) in [6, 6.07) is 2.10. The van der Waals surface area contributed by atoms with E-state index in [9.17, 15) is 4.79 Å². The normalized spacial score (nSPS) is 13.4. The number of rotatable bonds is 6. The van der Waals surface area contributed by atoms with Crippen LogP contribution in [-0.4, -0.2) is 28.0 Å². The van der Waals surface area contributed by atoms with E-state index in [-0.39, 0.29) is 18.4 Å². The monoisotopic (exact) mass is 310 g/mol. The Morgan fingerprint density at radius 1 is 1.57 bits per heavy atom. The summed E-state index contributed by atoms with van der Waals surface area (Å²) < 4.78 is 5.31. The van der Waals surface area contributed by atoms with Crippen LogP contribution in [0, 0.1) is 17.2 Å². The molecule has 0 saturated heterocycles. The van der Waals surface area contributed by atoms with E-state index in [4.69, 9.17) is 21.6 Å². The summed E-state index contributed by atoms with van der Waals surface area (Å²) in [5.74, 6) is -0.261. The first-order valence-corrected chi connectivity index (χ1v) is 7.06. The van der Waals surface area contributed by atoms with Gasteiger partial charge in [0.1, 0.15) is 16.9 Å². The smallest absolute Gasteiger partial charge is 0.259 e. The maximum Gasteiger partial charge on any atom is 0.259 e. The molecule has 1 aromatic heterocycles. The number of nitrogens with one attached hydrogen (secondary N) is 1. The van der Waals surface area contributed by atoms with Crippen LogP contribution in [0.4, 0.5) is 0 Å². The van der Waals surface area contributed by atoms with E-state index in [2.05, 4.69) is 21.4 Å². The fourth-order valence-corrected chi connectivity index (χ4v) is 1.78. The first-order chi connectivity index (χ1) is 9.84. The number of nitriles is 1. The highest BCUT2D eigenvalue weighted by Crippen LogP contribution is 2.24. The molecule has 114 valence electrons. The average molecular weight is 311 g/mol. The Balaban J connectivity index is 2.68. The van der Waals surface area contributed by atoms with Gasteiger partial charge >= 0.3 is 0 Å². The van der Waals surface area contributed by atoms with Crippen LogP contribution in [0.15, 0.2) is 6.33 Å². The van der Waals surface area contributed by atoms with Crippen molar-refractivity contribution in [2.24, 2.45) is 5.92 Å². The van der Waals surface area contributed by atoms with Gasteiger partial charge < -0.3 is 10.1 Å². The molecule has 1 N–H and O–H groups in total. The quantitative estimate of drug-likeness (QED) is 0.869. The highest BCUT2D eigenvalue weighted by Gasteiger charge is 2.30. The third-order valence-electron chi connectivity index (χ3n) is 3.29. The maximum atomic E-state index is 11.9. The Labute approximate surface area is 129 Å². The van der Waals surface area contributed by atoms with Crippen molar-refractivity contribution in [3.8, 4) is 11.9 Å². The second-order valence-corrected chi connectivity index (χ2v) is 5.48. The van der Waals surface area contributed by atoms with Crippen LogP contribution in [0.25, 0.3) is 0 Å². The molecule has 0 aliphatic heterocycles. The van der Waals surface area contributed by atoms with Crippen molar-refractivity contribution in [2.45, 2.75) is 39.7 Å². The molecule has 6 nitrogen and oxygen atoms in total. The number of carbonyl (C=O) groups excluding carboxylic acids is 1. The zero-order chi connectivity index (χ0) is 16.0. The van der Waals surface area contributed by atoms with E-state index in [0.717, 1.165) is 0 Å². The van der Waals surface area contributed by atoms with Gasteiger partial charge in [0.25, 0.3) is 5.91 Å². The Hall–Kier alpha value is -1.87. The Kier molecular flexibility index (Phi) is 5.91. The van der Waals surface area contributed by atoms with E-state index in [1.165, 1.54) is 6.33 Å². The summed E-state index contributed by atoms with van der Waals surface area (Å²) >= 11 is 6.07. The number of carbonyl (C=O) groups is 1. The molecule has 0 spiro atoms. The summed E-state index contributed by atoms with van der Waals surface area (Å²) in [4.78, 5) is 19.8. The minimum atomic E-state index is -0.940. The first-order valence-electron chi connectivity index (χ1n) is 6.68. The zero-order valence-corrected chi connectivity index (χ0v) is 13.4. The lowest BCUT2D eigenvalue weighted by Crippen LogP contribution is -2.50. The van der Waals surface area contributed by atoms with Crippen molar-refractivity contribution < 1.29 is 9.53 Å². The molecule has 1 amide bonds. The van der Waals surface area contributed by atoms with Gasteiger partial charge in [-0.2, -0.15) is 5.26 Å². The molecular formula is C14H19ClN4O2. The lowest BCUT2D eigenvalue weighted by atomic mass is 9.90. The molecule has 0 bridgehead atoms. The number of hydrogen-bond donors (Lipinski definition) is 1. The van der Waals surface area contributed by atoms with Gasteiger partial charge in [-0.25, -0.2) is 9.97 Å². The molecule has 0 saturated carbocycles. The Morgan fingerprint density at radius 2 is 2.24 bits per heavy atom. The van der Waals surface area contributed by atoms with Crippen LogP contribution in [0.5, 0.6) is 5.88 Å². The molecule has 1 aromatic rings. The van der Waals surface area contributed by atoms with Gasteiger partial charge in [-0.05, 0) is 19.3 Å². The molecule has 21 heavy (non-hydrogen) atoms. The summed E-state index contributed by atoms with van der Waals surface area (Å²) in [5.41, 5.74) is -0.282. The van der Waals surface area contributed by atoms with Crippen LogP contribution in [0.3, 0.4) is 0 Å². The van der Waals surface area contributed by atoms with Crippen molar-refractivity contribution in [1.82, 2.24) is 15.3 Å². The molecule has 7 heteroatoms. The fraction of sp³-hybridized carbons (Fsp3) is 0.571. The molecule has 1 unspecified atom stereocenters. The van der Waals surface area contributed by atoms with Crippen molar-refractivity contribution in [3.63, 3.8) is 0 Å². The molecule has 1 heterocycles. The second kappa shape index (κ2) is 7.23. The minimum absolute atomic E-state index is 0.0271. The number of nitrogens with zero attached hydrogens (tertiary/aromatic N) is 3. The van der Waals surface area contributed by atoms with Crippen LogP contribution >= 0.6 is 11.6 Å². The highest BCUT2D eigenvalue weighted by atomic mass is 35.5. The van der Waals surface area contributed by atoms with Crippen LogP contribution in [0.1, 0.15) is 33.4 Å². The zero-order valence-electron chi connectivity index (χ0n) is 12.6. The number of hydrogen-bond acceptors (Lipinski definition) is 5. The van der Waals surface area contributed by atoms with E-state index >= 15 is 0 Å². The van der Waals surface area contributed by atoms with Crippen LogP contribution in [-0.2, 0) is 11.2 Å². The predicted molar refractivity (Wildman–Crippen MR) is 78.9 cm³/mol. The molecule has 0 aliphatic rings. The van der Waals surface area contributed by atoms with Crippen LogP contribution < -0.4 is 10.1 Å². The van der Waals surface area contributed by atoms with Crippen LogP contribution in [0.2, 0.25) is 5.02 Å². The number of aryl methyl sites for hydroxylation is 1. The van der Waals surface area contributed by atoms with Crippen molar-refractivity contribution in [3.05, 3.63) is 17.0 Å². The van der Waals surface area contributed by atoms with Gasteiger partial charge in [-0.1, -0.05) is 32.4 Å². The SMILES string of the molecule is CCc1ncnc(OCC(=O)NC(C)(C#N)C(C)C)c1Cl. The van der Waals surface area contributed by atoms with Crippen molar-refractivity contribution >= 4 is 17.5 Å².